The van der Waals surface area contributed by atoms with Gasteiger partial charge in [0.2, 0.25) is 0 Å². The maximum Gasteiger partial charge on any atom is 0.271 e. The van der Waals surface area contributed by atoms with E-state index in [1.165, 1.54) is 24.8 Å². The molecule has 0 aliphatic rings. The van der Waals surface area contributed by atoms with Gasteiger partial charge in [-0.1, -0.05) is 6.07 Å². The minimum absolute atomic E-state index is 0. The zero-order chi connectivity index (χ0) is 21.3. The summed E-state index contributed by atoms with van der Waals surface area (Å²) in [4.78, 5) is 36.4. The molecule has 0 saturated heterocycles. The van der Waals surface area contributed by atoms with Gasteiger partial charge in [0.1, 0.15) is 0 Å². The summed E-state index contributed by atoms with van der Waals surface area (Å²) in [6, 6.07) is 11.7. The van der Waals surface area contributed by atoms with Crippen molar-refractivity contribution >= 4 is 23.2 Å². The predicted molar refractivity (Wildman–Crippen MR) is 116 cm³/mol. The molecule has 0 aromatic carbocycles. The average Bonchev–Trinajstić information content (AvgIpc) is 2.81. The van der Waals surface area contributed by atoms with Gasteiger partial charge in [-0.15, -0.1) is 0 Å². The summed E-state index contributed by atoms with van der Waals surface area (Å²) < 4.78 is 0. The fourth-order valence-electron chi connectivity index (χ4n) is 2.36. The standard InChI is InChI=1S/C21H19N7O2.Cu.H2O/c1-14(25-27-20(29)16-6-10-22-11-7-16)18-4-3-5-19(24-18)15(2)26-28-21(30)17-8-12-23-13-9-17;;/h3-13H,1-2H3,(H,27,29)(H,28,30);;1H2/b25-14-,26-15+;;. The molecule has 3 heterocycles. The Labute approximate surface area is 195 Å². The third-order valence-electron chi connectivity index (χ3n) is 4.03. The van der Waals surface area contributed by atoms with Crippen LogP contribution in [0.5, 0.6) is 0 Å². The van der Waals surface area contributed by atoms with Crippen molar-refractivity contribution in [1.29, 1.82) is 0 Å². The molecule has 0 spiro atoms. The van der Waals surface area contributed by atoms with Gasteiger partial charge in [0, 0.05) is 53.0 Å². The number of nitrogens with zero attached hydrogens (tertiary/aromatic N) is 5. The van der Waals surface area contributed by atoms with Crippen molar-refractivity contribution in [1.82, 2.24) is 25.8 Å². The molecule has 1 radical (unpaired) electrons. The Morgan fingerprint density at radius 2 is 1.09 bits per heavy atom. The molecule has 10 nitrogen and oxygen atoms in total. The molecule has 0 unspecified atom stereocenters. The Balaban J connectivity index is 0.00000256. The number of carbonyl (C=O) groups excluding carboxylic acids is 2. The molecule has 3 aromatic heterocycles. The van der Waals surface area contributed by atoms with E-state index < -0.39 is 0 Å². The van der Waals surface area contributed by atoms with Crippen molar-refractivity contribution in [2.75, 3.05) is 0 Å². The zero-order valence-corrected chi connectivity index (χ0v) is 18.1. The van der Waals surface area contributed by atoms with Gasteiger partial charge >= 0.3 is 0 Å². The van der Waals surface area contributed by atoms with Gasteiger partial charge in [0.15, 0.2) is 0 Å². The second-order valence-corrected chi connectivity index (χ2v) is 6.16. The van der Waals surface area contributed by atoms with Gasteiger partial charge in [-0.3, -0.25) is 19.6 Å². The van der Waals surface area contributed by atoms with E-state index in [9.17, 15) is 9.59 Å². The molecule has 3 aromatic rings. The number of aromatic nitrogens is 3. The van der Waals surface area contributed by atoms with E-state index in [2.05, 4.69) is 36.0 Å². The number of hydrazone groups is 2. The maximum absolute atomic E-state index is 12.1. The molecule has 0 saturated carbocycles. The van der Waals surface area contributed by atoms with E-state index >= 15 is 0 Å². The van der Waals surface area contributed by atoms with E-state index in [1.807, 2.05) is 0 Å². The first-order valence-electron chi connectivity index (χ1n) is 9.01. The van der Waals surface area contributed by atoms with Crippen LogP contribution in [0.1, 0.15) is 46.0 Å². The van der Waals surface area contributed by atoms with Crippen LogP contribution in [-0.2, 0) is 17.1 Å². The molecule has 3 rings (SSSR count). The Kier molecular flexibility index (Phi) is 10.5. The van der Waals surface area contributed by atoms with E-state index in [1.54, 1.807) is 56.3 Å². The molecular formula is C21H21CuN7O3. The number of nitrogens with one attached hydrogen (secondary N) is 2. The normalized spacial score (nSPS) is 10.9. The second kappa shape index (κ2) is 12.8. The average molecular weight is 483 g/mol. The smallest absolute Gasteiger partial charge is 0.271 e. The minimum Gasteiger partial charge on any atom is -0.412 e. The molecular weight excluding hydrogens is 462 g/mol. The number of amides is 2. The summed E-state index contributed by atoms with van der Waals surface area (Å²) >= 11 is 0. The van der Waals surface area contributed by atoms with Crippen molar-refractivity contribution in [3.05, 3.63) is 89.8 Å². The molecule has 4 N–H and O–H groups in total. The van der Waals surface area contributed by atoms with Crippen molar-refractivity contribution < 1.29 is 32.1 Å². The Morgan fingerprint density at radius 1 is 0.719 bits per heavy atom. The van der Waals surface area contributed by atoms with Gasteiger partial charge in [-0.25, -0.2) is 15.8 Å². The summed E-state index contributed by atoms with van der Waals surface area (Å²) in [6.45, 7) is 3.47. The van der Waals surface area contributed by atoms with Crippen LogP contribution < -0.4 is 10.9 Å². The molecule has 11 heteroatoms. The summed E-state index contributed by atoms with van der Waals surface area (Å²) in [5.74, 6) is -0.686. The minimum atomic E-state index is -0.343. The third-order valence-corrected chi connectivity index (χ3v) is 4.03. The second-order valence-electron chi connectivity index (χ2n) is 6.16. The Hall–Kier alpha value is -3.79. The molecule has 0 aliphatic carbocycles. The van der Waals surface area contributed by atoms with Crippen molar-refractivity contribution in [3.8, 4) is 0 Å². The molecule has 0 aliphatic heterocycles. The van der Waals surface area contributed by atoms with E-state index in [-0.39, 0.29) is 34.4 Å². The number of hydrogen-bond donors (Lipinski definition) is 2. The molecule has 0 fully saturated rings. The third kappa shape index (κ3) is 7.17. The quantitative estimate of drug-likeness (QED) is 0.308. The van der Waals surface area contributed by atoms with Crippen LogP contribution in [0.15, 0.2) is 77.5 Å². The van der Waals surface area contributed by atoms with Gasteiger partial charge in [-0.2, -0.15) is 10.2 Å². The van der Waals surface area contributed by atoms with Gasteiger partial charge in [0.05, 0.1) is 22.8 Å². The number of rotatable bonds is 6. The van der Waals surface area contributed by atoms with E-state index in [4.69, 9.17) is 0 Å². The fourth-order valence-corrected chi connectivity index (χ4v) is 2.36. The van der Waals surface area contributed by atoms with Crippen LogP contribution in [0.2, 0.25) is 0 Å². The molecule has 169 valence electrons. The van der Waals surface area contributed by atoms with Crippen LogP contribution in [0.4, 0.5) is 0 Å². The van der Waals surface area contributed by atoms with Gasteiger partial charge < -0.3 is 5.48 Å². The monoisotopic (exact) mass is 482 g/mol. The van der Waals surface area contributed by atoms with Crippen molar-refractivity contribution in [2.45, 2.75) is 13.8 Å². The van der Waals surface area contributed by atoms with Crippen molar-refractivity contribution in [3.63, 3.8) is 0 Å². The van der Waals surface area contributed by atoms with E-state index in [0.29, 0.717) is 33.9 Å². The molecule has 2 amide bonds. The molecule has 32 heavy (non-hydrogen) atoms. The summed E-state index contributed by atoms with van der Waals surface area (Å²) in [7, 11) is 0. The SMILES string of the molecule is C/C(=N/NC(=O)c1ccncc1)c1cccc(/C(C)=N/NC(=O)c2ccncc2)n1.O.[Cu]. The van der Waals surface area contributed by atoms with Crippen LogP contribution >= 0.6 is 0 Å². The molecule has 0 atom stereocenters. The van der Waals surface area contributed by atoms with E-state index in [0.717, 1.165) is 0 Å². The van der Waals surface area contributed by atoms with Crippen LogP contribution in [0.3, 0.4) is 0 Å². The first-order chi connectivity index (χ1) is 14.5. The number of carbonyl (C=O) groups is 2. The largest absolute Gasteiger partial charge is 0.412 e. The Morgan fingerprint density at radius 3 is 1.47 bits per heavy atom. The van der Waals surface area contributed by atoms with Crippen LogP contribution in [0, 0.1) is 0 Å². The summed E-state index contributed by atoms with van der Waals surface area (Å²) in [6.07, 6.45) is 6.14. The summed E-state index contributed by atoms with van der Waals surface area (Å²) in [5, 5.41) is 8.21. The van der Waals surface area contributed by atoms with Crippen LogP contribution in [0.25, 0.3) is 0 Å². The number of pyridine rings is 3. The van der Waals surface area contributed by atoms with Gasteiger partial charge in [-0.05, 0) is 50.2 Å². The number of hydrogen-bond acceptors (Lipinski definition) is 7. The topological polar surface area (TPSA) is 153 Å². The maximum atomic E-state index is 12.1. The first kappa shape index (κ1) is 26.2. The molecule has 0 bridgehead atoms. The van der Waals surface area contributed by atoms with Gasteiger partial charge in [0.25, 0.3) is 11.8 Å². The van der Waals surface area contributed by atoms with Crippen molar-refractivity contribution in [2.24, 2.45) is 10.2 Å². The Bertz CT molecular complexity index is 1020. The van der Waals surface area contributed by atoms with Crippen LogP contribution in [-0.4, -0.2) is 43.7 Å². The fraction of sp³-hybridized carbons (Fsp3) is 0.0952. The predicted octanol–water partition coefficient (Wildman–Crippen LogP) is 1.35. The summed E-state index contributed by atoms with van der Waals surface area (Å²) in [5.41, 5.74) is 8.07. The zero-order valence-electron chi connectivity index (χ0n) is 17.2. The first-order valence-corrected chi connectivity index (χ1v) is 9.01.